The number of phenols is 1. The molecule has 4 rings (SSSR count). The van der Waals surface area contributed by atoms with Crippen LogP contribution >= 0.6 is 12.2 Å². The van der Waals surface area contributed by atoms with Crippen molar-refractivity contribution in [1.29, 1.82) is 0 Å². The number of nitrogens with zero attached hydrogens (tertiary/aromatic N) is 2. The number of hydrogen-bond donors (Lipinski definition) is 2. The first-order valence-electron chi connectivity index (χ1n) is 8.24. The van der Waals surface area contributed by atoms with Gasteiger partial charge in [-0.05, 0) is 35.8 Å². The lowest BCUT2D eigenvalue weighted by Gasteiger charge is -2.12. The summed E-state index contributed by atoms with van der Waals surface area (Å²) in [6, 6.07) is 18.7. The second-order valence-electron chi connectivity index (χ2n) is 5.84. The molecule has 0 aliphatic heterocycles. The van der Waals surface area contributed by atoms with Gasteiger partial charge in [-0.25, -0.2) is 0 Å². The summed E-state index contributed by atoms with van der Waals surface area (Å²) in [5.41, 5.74) is 1.36. The van der Waals surface area contributed by atoms with Gasteiger partial charge in [0.25, 0.3) is 0 Å². The molecule has 0 radical (unpaired) electrons. The monoisotopic (exact) mass is 377 g/mol. The number of rotatable bonds is 5. The Morgan fingerprint density at radius 2 is 1.96 bits per heavy atom. The van der Waals surface area contributed by atoms with Crippen LogP contribution in [0.15, 0.2) is 60.7 Å². The molecule has 0 atom stereocenters. The number of carbonyl (C=O) groups is 1. The molecule has 0 aliphatic carbocycles. The molecule has 6 nitrogen and oxygen atoms in total. The Morgan fingerprint density at radius 3 is 2.78 bits per heavy atom. The number of carbonyl (C=O) groups excluding carboxylic acids is 1. The second kappa shape index (κ2) is 7.05. The topological polar surface area (TPSA) is 80.1 Å². The van der Waals surface area contributed by atoms with Crippen LogP contribution in [-0.4, -0.2) is 32.8 Å². The first kappa shape index (κ1) is 17.0. The van der Waals surface area contributed by atoms with Crippen LogP contribution in [0.3, 0.4) is 0 Å². The van der Waals surface area contributed by atoms with E-state index in [9.17, 15) is 9.90 Å². The Labute approximate surface area is 159 Å². The van der Waals surface area contributed by atoms with Crippen LogP contribution < -0.4 is 4.74 Å². The zero-order valence-electron chi connectivity index (χ0n) is 14.1. The third-order valence-electron chi connectivity index (χ3n) is 4.21. The highest BCUT2D eigenvalue weighted by Crippen LogP contribution is 2.34. The van der Waals surface area contributed by atoms with E-state index >= 15 is 0 Å². The fraction of sp³-hybridized carbons (Fsp3) is 0.0500. The molecule has 1 aromatic heterocycles. The molecule has 0 spiro atoms. The number of benzene rings is 3. The highest BCUT2D eigenvalue weighted by atomic mass is 32.1. The van der Waals surface area contributed by atoms with Gasteiger partial charge in [-0.3, -0.25) is 14.5 Å². The summed E-state index contributed by atoms with van der Waals surface area (Å²) in [6.07, 6.45) is 0.649. The molecule has 0 amide bonds. The Morgan fingerprint density at radius 1 is 1.15 bits per heavy atom. The molecule has 27 heavy (non-hydrogen) atoms. The number of aromatic amines is 1. The first-order valence-corrected chi connectivity index (χ1v) is 8.65. The molecule has 0 bridgehead atoms. The van der Waals surface area contributed by atoms with Crippen molar-refractivity contribution in [3.63, 3.8) is 0 Å². The molecule has 0 aliphatic rings. The van der Waals surface area contributed by atoms with E-state index in [2.05, 4.69) is 10.2 Å². The van der Waals surface area contributed by atoms with Crippen LogP contribution in [0, 0.1) is 4.77 Å². The van der Waals surface area contributed by atoms with E-state index in [1.807, 2.05) is 42.5 Å². The Balaban J connectivity index is 1.88. The lowest BCUT2D eigenvalue weighted by atomic mass is 10.1. The molecule has 7 heteroatoms. The van der Waals surface area contributed by atoms with E-state index in [0.29, 0.717) is 28.2 Å². The van der Waals surface area contributed by atoms with Crippen molar-refractivity contribution in [3.05, 3.63) is 65.4 Å². The summed E-state index contributed by atoms with van der Waals surface area (Å²) in [4.78, 5) is 10.4. The zero-order chi connectivity index (χ0) is 18.8. The maximum absolute atomic E-state index is 10.5. The lowest BCUT2D eigenvalue weighted by Crippen LogP contribution is -2.00. The lowest BCUT2D eigenvalue weighted by molar-refractivity contribution is -0.109. The van der Waals surface area contributed by atoms with Gasteiger partial charge in [0.1, 0.15) is 18.1 Å². The fourth-order valence-corrected chi connectivity index (χ4v) is 3.26. The average Bonchev–Trinajstić information content (AvgIpc) is 3.07. The van der Waals surface area contributed by atoms with E-state index < -0.39 is 0 Å². The zero-order valence-corrected chi connectivity index (χ0v) is 14.9. The minimum Gasteiger partial charge on any atom is -0.507 e. The molecular weight excluding hydrogens is 362 g/mol. The second-order valence-corrected chi connectivity index (χ2v) is 6.23. The van der Waals surface area contributed by atoms with Gasteiger partial charge < -0.3 is 9.84 Å². The van der Waals surface area contributed by atoms with E-state index in [4.69, 9.17) is 17.0 Å². The van der Waals surface area contributed by atoms with Gasteiger partial charge in [-0.1, -0.05) is 36.4 Å². The number of phenolic OH excluding ortho intramolecular Hbond substituents is 1. The van der Waals surface area contributed by atoms with Gasteiger partial charge in [-0.15, -0.1) is 0 Å². The molecule has 0 fully saturated rings. The molecule has 1 heterocycles. The van der Waals surface area contributed by atoms with Crippen LogP contribution in [-0.2, 0) is 4.79 Å². The molecule has 3 aromatic carbocycles. The van der Waals surface area contributed by atoms with Gasteiger partial charge in [-0.2, -0.15) is 5.10 Å². The Kier molecular flexibility index (Phi) is 4.43. The van der Waals surface area contributed by atoms with Crippen LogP contribution in [0.5, 0.6) is 11.5 Å². The highest BCUT2D eigenvalue weighted by Gasteiger charge is 2.16. The van der Waals surface area contributed by atoms with Crippen LogP contribution in [0.1, 0.15) is 0 Å². The van der Waals surface area contributed by atoms with E-state index in [1.54, 1.807) is 16.7 Å². The van der Waals surface area contributed by atoms with Crippen molar-refractivity contribution in [1.82, 2.24) is 14.8 Å². The minimum absolute atomic E-state index is 0.0196. The summed E-state index contributed by atoms with van der Waals surface area (Å²) < 4.78 is 7.43. The normalized spacial score (nSPS) is 10.8. The van der Waals surface area contributed by atoms with Crippen LogP contribution in [0.4, 0.5) is 0 Å². The third-order valence-corrected chi connectivity index (χ3v) is 4.48. The SMILES string of the molecule is O=CCOc1ccc(-c2n[nH]c(=S)n2-c2cccc3ccccc23)c(O)c1. The quantitative estimate of drug-likeness (QED) is 0.405. The number of nitrogens with one attached hydrogen (secondary N) is 1. The number of aromatic nitrogens is 3. The maximum Gasteiger partial charge on any atom is 0.200 e. The summed E-state index contributed by atoms with van der Waals surface area (Å²) in [7, 11) is 0. The van der Waals surface area contributed by atoms with Gasteiger partial charge in [0.2, 0.25) is 0 Å². The first-order chi connectivity index (χ1) is 13.2. The molecule has 134 valence electrons. The number of H-pyrrole nitrogens is 1. The van der Waals surface area contributed by atoms with Crippen LogP contribution in [0.25, 0.3) is 27.8 Å². The summed E-state index contributed by atoms with van der Waals surface area (Å²) in [6.45, 7) is -0.0759. The van der Waals surface area contributed by atoms with Gasteiger partial charge in [0.15, 0.2) is 16.9 Å². The average molecular weight is 377 g/mol. The number of fused-ring (bicyclic) bond motifs is 1. The van der Waals surface area contributed by atoms with E-state index in [0.717, 1.165) is 16.5 Å². The largest absolute Gasteiger partial charge is 0.507 e. The van der Waals surface area contributed by atoms with Crippen molar-refractivity contribution in [2.75, 3.05) is 6.61 Å². The molecule has 0 saturated carbocycles. The number of aromatic hydroxyl groups is 1. The maximum atomic E-state index is 10.5. The van der Waals surface area contributed by atoms with Crippen LogP contribution in [0.2, 0.25) is 0 Å². The Bertz CT molecular complexity index is 1190. The van der Waals surface area contributed by atoms with Crippen molar-refractivity contribution in [2.24, 2.45) is 0 Å². The smallest absolute Gasteiger partial charge is 0.200 e. The fourth-order valence-electron chi connectivity index (χ4n) is 3.02. The molecule has 2 N–H and O–H groups in total. The van der Waals surface area contributed by atoms with Crippen molar-refractivity contribution in [3.8, 4) is 28.6 Å². The number of aldehydes is 1. The summed E-state index contributed by atoms with van der Waals surface area (Å²) >= 11 is 5.44. The minimum atomic E-state index is -0.0759. The number of hydrogen-bond acceptors (Lipinski definition) is 5. The molecular formula is C20H15N3O3S. The van der Waals surface area contributed by atoms with Crippen molar-refractivity contribution < 1.29 is 14.6 Å². The van der Waals surface area contributed by atoms with Gasteiger partial charge in [0, 0.05) is 11.5 Å². The van der Waals surface area contributed by atoms with Gasteiger partial charge >= 0.3 is 0 Å². The van der Waals surface area contributed by atoms with E-state index in [1.165, 1.54) is 6.07 Å². The highest BCUT2D eigenvalue weighted by molar-refractivity contribution is 7.71. The molecule has 4 aromatic rings. The van der Waals surface area contributed by atoms with E-state index in [-0.39, 0.29) is 12.4 Å². The van der Waals surface area contributed by atoms with Crippen molar-refractivity contribution >= 4 is 29.3 Å². The Hall–Kier alpha value is -3.45. The molecule has 0 saturated heterocycles. The number of ether oxygens (including phenoxy) is 1. The predicted molar refractivity (Wildman–Crippen MR) is 105 cm³/mol. The predicted octanol–water partition coefficient (Wildman–Crippen LogP) is 4.03. The molecule has 0 unspecified atom stereocenters. The standard InChI is InChI=1S/C20H15N3O3S/c24-10-11-26-14-8-9-16(18(25)12-14)19-21-22-20(27)23(19)17-7-3-5-13-4-1-2-6-15(13)17/h1-10,12,25H,11H2,(H,22,27). The van der Waals surface area contributed by atoms with Crippen molar-refractivity contribution in [2.45, 2.75) is 0 Å². The summed E-state index contributed by atoms with van der Waals surface area (Å²) in [5.74, 6) is 0.860. The van der Waals surface area contributed by atoms with Gasteiger partial charge in [0.05, 0.1) is 11.3 Å². The summed E-state index contributed by atoms with van der Waals surface area (Å²) in [5, 5.41) is 19.7. The third kappa shape index (κ3) is 3.09.